The predicted octanol–water partition coefficient (Wildman–Crippen LogP) is 7.03. The van der Waals surface area contributed by atoms with Crippen molar-refractivity contribution < 1.29 is 32.9 Å². The van der Waals surface area contributed by atoms with Crippen LogP contribution in [0.1, 0.15) is 36.1 Å². The first-order chi connectivity index (χ1) is 19.7. The lowest BCUT2D eigenvalue weighted by Crippen LogP contribution is -2.25. The second-order valence-corrected chi connectivity index (χ2v) is 10.7. The van der Waals surface area contributed by atoms with Crippen LogP contribution in [0.15, 0.2) is 65.2 Å². The monoisotopic (exact) mass is 559 g/mol. The summed E-state index contributed by atoms with van der Waals surface area (Å²) in [5, 5.41) is 3.89. The van der Waals surface area contributed by atoms with Crippen molar-refractivity contribution >= 4 is 0 Å². The van der Waals surface area contributed by atoms with Gasteiger partial charge in [0.25, 0.3) is 5.88 Å². The van der Waals surface area contributed by atoms with Gasteiger partial charge in [0.2, 0.25) is 0 Å². The minimum atomic E-state index is -0.554. The summed E-state index contributed by atoms with van der Waals surface area (Å²) in [5.74, 6) is 2.03. The minimum Gasteiger partial charge on any atom is -0.491 e. The molecular formula is C33H37NO7. The van der Waals surface area contributed by atoms with Gasteiger partial charge >= 0.3 is 0 Å². The summed E-state index contributed by atoms with van der Waals surface area (Å²) < 4.78 is 39.3. The molecule has 0 unspecified atom stereocenters. The zero-order valence-corrected chi connectivity index (χ0v) is 24.5. The van der Waals surface area contributed by atoms with Gasteiger partial charge in [-0.15, -0.1) is 0 Å². The average Bonchev–Trinajstić information content (AvgIpc) is 3.56. The van der Waals surface area contributed by atoms with Crippen LogP contribution in [0, 0.1) is 20.8 Å². The second kappa shape index (κ2) is 12.3. The molecule has 3 aromatic carbocycles. The molecule has 0 bridgehead atoms. The van der Waals surface area contributed by atoms with E-state index in [1.807, 2.05) is 38.1 Å². The highest BCUT2D eigenvalue weighted by Gasteiger charge is 2.33. The highest BCUT2D eigenvalue weighted by molar-refractivity contribution is 5.75. The van der Waals surface area contributed by atoms with Crippen LogP contribution < -0.4 is 14.2 Å². The van der Waals surface area contributed by atoms with Crippen molar-refractivity contribution in [2.45, 2.75) is 53.1 Å². The Morgan fingerprint density at radius 2 is 1.66 bits per heavy atom. The molecule has 0 radical (unpaired) electrons. The Labute approximate surface area is 241 Å². The summed E-state index contributed by atoms with van der Waals surface area (Å²) in [5.41, 5.74) is 7.90. The van der Waals surface area contributed by atoms with E-state index >= 15 is 0 Å². The van der Waals surface area contributed by atoms with Crippen LogP contribution in [0.5, 0.6) is 17.4 Å². The van der Waals surface area contributed by atoms with Crippen LogP contribution in [0.4, 0.5) is 0 Å². The van der Waals surface area contributed by atoms with Crippen molar-refractivity contribution in [3.05, 3.63) is 82.9 Å². The molecule has 0 amide bonds. The molecular weight excluding hydrogens is 522 g/mol. The van der Waals surface area contributed by atoms with Crippen molar-refractivity contribution in [3.8, 4) is 39.8 Å². The third kappa shape index (κ3) is 6.90. The van der Waals surface area contributed by atoms with E-state index in [4.69, 9.17) is 32.9 Å². The van der Waals surface area contributed by atoms with Crippen LogP contribution in [0.25, 0.3) is 22.5 Å². The molecule has 1 aromatic heterocycles. The number of hydrogen-bond acceptors (Lipinski definition) is 8. The molecule has 0 saturated carbocycles. The first-order valence-electron chi connectivity index (χ1n) is 13.7. The van der Waals surface area contributed by atoms with Crippen molar-refractivity contribution in [2.24, 2.45) is 0 Å². The molecule has 1 saturated heterocycles. The molecule has 41 heavy (non-hydrogen) atoms. The highest BCUT2D eigenvalue weighted by Crippen LogP contribution is 2.35. The minimum absolute atomic E-state index is 0.0730. The lowest BCUT2D eigenvalue weighted by molar-refractivity contribution is -0.141. The molecule has 4 aromatic rings. The molecule has 1 atom stereocenters. The summed E-state index contributed by atoms with van der Waals surface area (Å²) in [6.07, 6.45) is -0.0730. The van der Waals surface area contributed by atoms with Crippen molar-refractivity contribution in [3.63, 3.8) is 0 Å². The van der Waals surface area contributed by atoms with Gasteiger partial charge in [0.1, 0.15) is 30.8 Å². The summed E-state index contributed by atoms with van der Waals surface area (Å²) in [4.78, 5) is 0. The van der Waals surface area contributed by atoms with E-state index in [0.717, 1.165) is 33.8 Å². The first-order valence-corrected chi connectivity index (χ1v) is 13.7. The third-order valence-corrected chi connectivity index (χ3v) is 7.07. The number of hydrogen-bond donors (Lipinski definition) is 0. The molecule has 0 N–H and O–H groups in total. The molecule has 8 nitrogen and oxygen atoms in total. The van der Waals surface area contributed by atoms with E-state index in [0.29, 0.717) is 31.5 Å². The number of methoxy groups -OCH3 is 1. The van der Waals surface area contributed by atoms with Gasteiger partial charge in [0.05, 0.1) is 6.61 Å². The maximum atomic E-state index is 6.16. The van der Waals surface area contributed by atoms with E-state index in [-0.39, 0.29) is 12.9 Å². The SMILES string of the molecule is COCOc1cc(-c2ccc(OCc3cccc(-c4c(C)cc(OC[C@H]5COC(C)(C)O5)cc4C)c3C)cc2)on1. The number of aromatic nitrogens is 1. The van der Waals surface area contributed by atoms with E-state index in [2.05, 4.69) is 56.3 Å². The Morgan fingerprint density at radius 1 is 0.902 bits per heavy atom. The summed E-state index contributed by atoms with van der Waals surface area (Å²) in [7, 11) is 1.55. The van der Waals surface area contributed by atoms with Gasteiger partial charge in [-0.2, -0.15) is 0 Å². The van der Waals surface area contributed by atoms with E-state index < -0.39 is 5.79 Å². The van der Waals surface area contributed by atoms with Gasteiger partial charge < -0.3 is 32.9 Å². The van der Waals surface area contributed by atoms with E-state index in [9.17, 15) is 0 Å². The van der Waals surface area contributed by atoms with Gasteiger partial charge in [-0.3, -0.25) is 0 Å². The fraction of sp³-hybridized carbons (Fsp3) is 0.364. The fourth-order valence-electron chi connectivity index (χ4n) is 5.04. The lowest BCUT2D eigenvalue weighted by Gasteiger charge is -2.19. The topological polar surface area (TPSA) is 81.4 Å². The normalized spacial score (nSPS) is 16.1. The standard InChI is InChI=1S/C33H37NO7/c1-21-14-27(37-18-28-19-39-33(4,5)40-28)15-22(2)32(21)29-9-7-8-25(23(29)3)17-36-26-12-10-24(11-13-26)30-16-31(34-41-30)38-20-35-6/h7-16,28H,17-20H2,1-6H3/t28-/m0/s1. The smallest absolute Gasteiger partial charge is 0.256 e. The number of aryl methyl sites for hydroxylation is 2. The van der Waals surface area contributed by atoms with Gasteiger partial charge in [-0.05, 0) is 110 Å². The van der Waals surface area contributed by atoms with Gasteiger partial charge in [0.15, 0.2) is 18.3 Å². The number of ether oxygens (including phenoxy) is 6. The lowest BCUT2D eigenvalue weighted by atomic mass is 9.90. The zero-order valence-electron chi connectivity index (χ0n) is 24.5. The predicted molar refractivity (Wildman–Crippen MR) is 155 cm³/mol. The number of rotatable bonds is 11. The molecule has 1 aliphatic rings. The van der Waals surface area contributed by atoms with Gasteiger partial charge in [0, 0.05) is 18.7 Å². The third-order valence-electron chi connectivity index (χ3n) is 7.07. The van der Waals surface area contributed by atoms with Crippen molar-refractivity contribution in [1.82, 2.24) is 5.16 Å². The van der Waals surface area contributed by atoms with Crippen LogP contribution in [-0.4, -0.2) is 44.2 Å². The van der Waals surface area contributed by atoms with Crippen molar-refractivity contribution in [1.29, 1.82) is 0 Å². The van der Waals surface area contributed by atoms with E-state index in [1.165, 1.54) is 16.7 Å². The molecule has 216 valence electrons. The molecule has 1 fully saturated rings. The summed E-state index contributed by atoms with van der Waals surface area (Å²) in [6, 6.07) is 20.0. The van der Waals surface area contributed by atoms with Crippen LogP contribution in [-0.2, 0) is 20.8 Å². The summed E-state index contributed by atoms with van der Waals surface area (Å²) in [6.45, 7) is 11.8. The molecule has 2 heterocycles. The maximum Gasteiger partial charge on any atom is 0.256 e. The van der Waals surface area contributed by atoms with Crippen LogP contribution in [0.3, 0.4) is 0 Å². The Morgan fingerprint density at radius 3 is 2.34 bits per heavy atom. The second-order valence-electron chi connectivity index (χ2n) is 10.7. The summed E-state index contributed by atoms with van der Waals surface area (Å²) >= 11 is 0. The molecule has 5 rings (SSSR count). The largest absolute Gasteiger partial charge is 0.491 e. The quantitative estimate of drug-likeness (QED) is 0.181. The molecule has 8 heteroatoms. The molecule has 0 spiro atoms. The number of nitrogens with zero attached hydrogens (tertiary/aromatic N) is 1. The zero-order chi connectivity index (χ0) is 29.0. The number of benzene rings is 3. The fourth-order valence-corrected chi connectivity index (χ4v) is 5.04. The Hall–Kier alpha value is -3.85. The first kappa shape index (κ1) is 28.7. The Balaban J connectivity index is 1.24. The van der Waals surface area contributed by atoms with Gasteiger partial charge in [-0.25, -0.2) is 0 Å². The van der Waals surface area contributed by atoms with Crippen LogP contribution >= 0.6 is 0 Å². The van der Waals surface area contributed by atoms with Crippen LogP contribution in [0.2, 0.25) is 0 Å². The maximum absolute atomic E-state index is 6.16. The average molecular weight is 560 g/mol. The van der Waals surface area contributed by atoms with E-state index in [1.54, 1.807) is 13.2 Å². The molecule has 1 aliphatic heterocycles. The Bertz CT molecular complexity index is 1450. The van der Waals surface area contributed by atoms with Crippen molar-refractivity contribution in [2.75, 3.05) is 27.1 Å². The van der Waals surface area contributed by atoms with Gasteiger partial charge in [-0.1, -0.05) is 18.2 Å². The highest BCUT2D eigenvalue weighted by atomic mass is 16.7. The molecule has 0 aliphatic carbocycles. The Kier molecular flexibility index (Phi) is 8.63.